The van der Waals surface area contributed by atoms with Crippen LogP contribution in [0.2, 0.25) is 0 Å². The molecular formula is C23H28N6O3. The number of H-pyrrole nitrogens is 1. The Hall–Kier alpha value is -2.94. The largest absolute Gasteiger partial charge is 0.454 e. The zero-order valence-corrected chi connectivity index (χ0v) is 18.3. The van der Waals surface area contributed by atoms with Gasteiger partial charge in [-0.2, -0.15) is 0 Å². The number of pyridine rings is 1. The second-order valence-electron chi connectivity index (χ2n) is 9.41. The maximum atomic E-state index is 13.4. The molecule has 0 bridgehead atoms. The smallest absolute Gasteiger partial charge is 0.253 e. The highest BCUT2D eigenvalue weighted by Crippen LogP contribution is 2.38. The zero-order chi connectivity index (χ0) is 21.7. The number of benzene rings is 1. The number of likely N-dealkylation sites (tertiary alicyclic amines) is 1. The number of nitrogens with zero attached hydrogens (tertiary/aromatic N) is 5. The Kier molecular flexibility index (Phi) is 4.86. The summed E-state index contributed by atoms with van der Waals surface area (Å²) < 4.78 is 13.0. The Balaban J connectivity index is 1.50. The second-order valence-corrected chi connectivity index (χ2v) is 9.41. The summed E-state index contributed by atoms with van der Waals surface area (Å²) in [6, 6.07) is 5.77. The fourth-order valence-corrected chi connectivity index (χ4v) is 5.56. The van der Waals surface area contributed by atoms with E-state index in [-0.39, 0.29) is 18.4 Å². The van der Waals surface area contributed by atoms with Crippen molar-refractivity contribution in [1.29, 1.82) is 0 Å². The number of hydrogen-bond acceptors (Lipinski definition) is 7. The van der Waals surface area contributed by atoms with E-state index >= 15 is 0 Å². The summed E-state index contributed by atoms with van der Waals surface area (Å²) in [5, 5.41) is 13.8. The molecule has 2 fully saturated rings. The number of piperidine rings is 1. The Labute approximate surface area is 185 Å². The van der Waals surface area contributed by atoms with Gasteiger partial charge in [0.2, 0.25) is 6.79 Å². The second kappa shape index (κ2) is 7.88. The van der Waals surface area contributed by atoms with Gasteiger partial charge in [-0.25, -0.2) is 4.68 Å². The molecule has 3 aromatic rings. The molecule has 0 spiro atoms. The van der Waals surface area contributed by atoms with Crippen LogP contribution in [0.15, 0.2) is 23.0 Å². The molecule has 2 unspecified atom stereocenters. The third kappa shape index (κ3) is 3.35. The minimum Gasteiger partial charge on any atom is -0.454 e. The molecule has 9 nitrogen and oxygen atoms in total. The first-order chi connectivity index (χ1) is 15.7. The van der Waals surface area contributed by atoms with E-state index in [1.807, 2.05) is 22.9 Å². The fourth-order valence-electron chi connectivity index (χ4n) is 5.56. The van der Waals surface area contributed by atoms with Crippen molar-refractivity contribution in [3.8, 4) is 11.5 Å². The van der Waals surface area contributed by atoms with Crippen molar-refractivity contribution < 1.29 is 9.47 Å². The summed E-state index contributed by atoms with van der Waals surface area (Å²) in [5.74, 6) is 2.70. The molecule has 2 aromatic heterocycles. The molecule has 6 rings (SSSR count). The van der Waals surface area contributed by atoms with Gasteiger partial charge in [-0.05, 0) is 60.7 Å². The van der Waals surface area contributed by atoms with Gasteiger partial charge in [0.25, 0.3) is 5.56 Å². The Morgan fingerprint density at radius 1 is 1.09 bits per heavy atom. The van der Waals surface area contributed by atoms with E-state index in [2.05, 4.69) is 32.3 Å². The van der Waals surface area contributed by atoms with Gasteiger partial charge >= 0.3 is 0 Å². The number of fused-ring (bicyclic) bond motifs is 2. The lowest BCUT2D eigenvalue weighted by atomic mass is 9.95. The molecule has 9 heteroatoms. The van der Waals surface area contributed by atoms with E-state index in [0.29, 0.717) is 29.0 Å². The number of ether oxygens (including phenoxy) is 2. The van der Waals surface area contributed by atoms with Crippen LogP contribution in [0, 0.1) is 5.92 Å². The number of aromatic nitrogens is 5. The van der Waals surface area contributed by atoms with Gasteiger partial charge in [0.05, 0.1) is 11.6 Å². The minimum atomic E-state index is -0.285. The molecule has 1 N–H and O–H groups in total. The van der Waals surface area contributed by atoms with E-state index in [0.717, 1.165) is 49.1 Å². The molecule has 32 heavy (non-hydrogen) atoms. The average molecular weight is 437 g/mol. The van der Waals surface area contributed by atoms with Crippen LogP contribution >= 0.6 is 0 Å². The zero-order valence-electron chi connectivity index (χ0n) is 18.3. The van der Waals surface area contributed by atoms with Gasteiger partial charge in [-0.15, -0.1) is 5.10 Å². The van der Waals surface area contributed by atoms with Gasteiger partial charge in [0.15, 0.2) is 17.3 Å². The van der Waals surface area contributed by atoms with Crippen molar-refractivity contribution in [2.45, 2.75) is 57.5 Å². The number of aromatic amines is 1. The van der Waals surface area contributed by atoms with Gasteiger partial charge in [-0.1, -0.05) is 19.8 Å². The molecule has 1 aliphatic carbocycles. The first kappa shape index (κ1) is 19.7. The van der Waals surface area contributed by atoms with Crippen molar-refractivity contribution in [2.75, 3.05) is 19.9 Å². The molecule has 1 saturated carbocycles. The Morgan fingerprint density at radius 2 is 1.91 bits per heavy atom. The predicted molar refractivity (Wildman–Crippen MR) is 118 cm³/mol. The summed E-state index contributed by atoms with van der Waals surface area (Å²) in [6.45, 7) is 4.31. The summed E-state index contributed by atoms with van der Waals surface area (Å²) >= 11 is 0. The quantitative estimate of drug-likeness (QED) is 0.671. The van der Waals surface area contributed by atoms with Crippen LogP contribution in [0.4, 0.5) is 0 Å². The molecule has 1 saturated heterocycles. The maximum absolute atomic E-state index is 13.4. The van der Waals surface area contributed by atoms with Crippen molar-refractivity contribution in [3.63, 3.8) is 0 Å². The fraction of sp³-hybridized carbons (Fsp3) is 0.565. The molecule has 0 radical (unpaired) electrons. The van der Waals surface area contributed by atoms with Crippen LogP contribution in [0.25, 0.3) is 10.9 Å². The SMILES string of the molecule is CC1CCCN(C(c2cc3cc4c(cc3[nH]c2=O)OCO4)c2nnnn2C2CCCC2)C1. The van der Waals surface area contributed by atoms with Gasteiger partial charge < -0.3 is 14.5 Å². The summed E-state index contributed by atoms with van der Waals surface area (Å²) in [7, 11) is 0. The first-order valence-electron chi connectivity index (χ1n) is 11.7. The molecular weight excluding hydrogens is 408 g/mol. The number of tetrazole rings is 1. The highest BCUT2D eigenvalue weighted by Gasteiger charge is 2.35. The van der Waals surface area contributed by atoms with Crippen molar-refractivity contribution in [1.82, 2.24) is 30.1 Å². The maximum Gasteiger partial charge on any atom is 0.253 e. The summed E-state index contributed by atoms with van der Waals surface area (Å²) in [5.41, 5.74) is 1.31. The molecule has 1 aromatic carbocycles. The minimum absolute atomic E-state index is 0.111. The third-order valence-electron chi connectivity index (χ3n) is 7.15. The number of hydrogen-bond donors (Lipinski definition) is 1. The van der Waals surface area contributed by atoms with E-state index in [1.54, 1.807) is 0 Å². The van der Waals surface area contributed by atoms with Gasteiger partial charge in [0, 0.05) is 23.6 Å². The average Bonchev–Trinajstić information content (AvgIpc) is 3.54. The lowest BCUT2D eigenvalue weighted by molar-refractivity contribution is 0.139. The van der Waals surface area contributed by atoms with Crippen molar-refractivity contribution in [2.24, 2.45) is 5.92 Å². The van der Waals surface area contributed by atoms with Crippen LogP contribution in [-0.4, -0.2) is 50.0 Å². The standard InChI is InChI=1S/C23H28N6O3/c1-14-5-4-8-28(12-14)21(22-25-26-27-29(22)16-6-2-3-7-16)17-9-15-10-19-20(32-13-31-19)11-18(15)24-23(17)30/h9-11,14,16,21H,2-8,12-13H2,1H3,(H,24,30). The van der Waals surface area contributed by atoms with Crippen LogP contribution in [-0.2, 0) is 0 Å². The van der Waals surface area contributed by atoms with Crippen molar-refractivity contribution >= 4 is 10.9 Å². The number of nitrogens with one attached hydrogen (secondary N) is 1. The highest BCUT2D eigenvalue weighted by molar-refractivity contribution is 5.83. The molecule has 2 atom stereocenters. The lowest BCUT2D eigenvalue weighted by Gasteiger charge is -2.36. The van der Waals surface area contributed by atoms with Crippen LogP contribution < -0.4 is 15.0 Å². The number of rotatable bonds is 4. The normalized spacial score (nSPS) is 22.6. The monoisotopic (exact) mass is 436 g/mol. The summed E-state index contributed by atoms with van der Waals surface area (Å²) in [6.07, 6.45) is 6.86. The van der Waals surface area contributed by atoms with Crippen LogP contribution in [0.1, 0.15) is 68.9 Å². The van der Waals surface area contributed by atoms with E-state index in [9.17, 15) is 4.79 Å². The van der Waals surface area contributed by atoms with E-state index in [4.69, 9.17) is 9.47 Å². The Morgan fingerprint density at radius 3 is 2.72 bits per heavy atom. The lowest BCUT2D eigenvalue weighted by Crippen LogP contribution is -2.41. The molecule has 3 aliphatic rings. The van der Waals surface area contributed by atoms with Gasteiger partial charge in [-0.3, -0.25) is 9.69 Å². The predicted octanol–water partition coefficient (Wildman–Crippen LogP) is 3.18. The highest BCUT2D eigenvalue weighted by atomic mass is 16.7. The van der Waals surface area contributed by atoms with Crippen molar-refractivity contribution in [3.05, 3.63) is 39.9 Å². The topological polar surface area (TPSA) is 98.2 Å². The molecule has 2 aliphatic heterocycles. The molecule has 4 heterocycles. The van der Waals surface area contributed by atoms with E-state index < -0.39 is 0 Å². The molecule has 0 amide bonds. The third-order valence-corrected chi connectivity index (χ3v) is 7.15. The van der Waals surface area contributed by atoms with Crippen LogP contribution in [0.3, 0.4) is 0 Å². The van der Waals surface area contributed by atoms with Crippen LogP contribution in [0.5, 0.6) is 11.5 Å². The first-order valence-corrected chi connectivity index (χ1v) is 11.7. The van der Waals surface area contributed by atoms with E-state index in [1.165, 1.54) is 19.3 Å². The summed E-state index contributed by atoms with van der Waals surface area (Å²) in [4.78, 5) is 18.9. The van der Waals surface area contributed by atoms with Gasteiger partial charge in [0.1, 0.15) is 6.04 Å². The molecule has 168 valence electrons. The Bertz CT molecular complexity index is 1200.